The molecule has 0 radical (unpaired) electrons. The van der Waals surface area contributed by atoms with Crippen LogP contribution >= 0.6 is 0 Å². The first-order chi connectivity index (χ1) is 8.24. The van der Waals surface area contributed by atoms with Gasteiger partial charge >= 0.3 is 18.9 Å². The number of quaternary nitrogens is 1. The summed E-state index contributed by atoms with van der Waals surface area (Å²) in [6, 6.07) is 0. The van der Waals surface area contributed by atoms with Crippen LogP contribution in [0.15, 0.2) is 0 Å². The van der Waals surface area contributed by atoms with Crippen molar-refractivity contribution in [2.75, 3.05) is 26.2 Å². The summed E-state index contributed by atoms with van der Waals surface area (Å²) < 4.78 is 1.42. The third-order valence-electron chi connectivity index (χ3n) is 3.94. The van der Waals surface area contributed by atoms with Gasteiger partial charge in [-0.15, -0.1) is 0 Å². The van der Waals surface area contributed by atoms with Crippen LogP contribution in [0.2, 0.25) is 0 Å². The van der Waals surface area contributed by atoms with Gasteiger partial charge in [0, 0.05) is 0 Å². The molecular weight excluding hydrogens is 373 g/mol. The minimum Gasteiger partial charge on any atom is -1.00 e. The summed E-state index contributed by atoms with van der Waals surface area (Å²) >= 11 is 0. The molecule has 0 aromatic rings. The van der Waals surface area contributed by atoms with E-state index in [1.54, 1.807) is 0 Å². The first-order valence-electron chi connectivity index (χ1n) is 8.09. The quantitative estimate of drug-likeness (QED) is 0.228. The first kappa shape index (κ1) is 29.5. The van der Waals surface area contributed by atoms with Crippen molar-refractivity contribution in [3.05, 3.63) is 0 Å². The Morgan fingerprint density at radius 1 is 0.500 bits per heavy atom. The molecule has 0 rings (SSSR count). The average molecular weight is 409 g/mol. The van der Waals surface area contributed by atoms with Gasteiger partial charge in [0.15, 0.2) is 0 Å². The average Bonchev–Trinajstić information content (AvgIpc) is 2.37. The second-order valence-electron chi connectivity index (χ2n) is 5.65. The van der Waals surface area contributed by atoms with Crippen LogP contribution in [0.5, 0.6) is 0 Å². The maximum atomic E-state index is 2.33. The molecule has 0 aliphatic carbocycles. The zero-order valence-electron chi connectivity index (χ0n) is 14.7. The van der Waals surface area contributed by atoms with E-state index >= 15 is 0 Å². The van der Waals surface area contributed by atoms with Crippen LogP contribution in [0.4, 0.5) is 0 Å². The molecule has 0 atom stereocenters. The van der Waals surface area contributed by atoms with E-state index in [2.05, 4.69) is 27.7 Å². The number of nitrogens with zero attached hydrogens (tertiary/aromatic N) is 1. The van der Waals surface area contributed by atoms with E-state index in [1.165, 1.54) is 82.0 Å². The van der Waals surface area contributed by atoms with E-state index in [1.807, 2.05) is 0 Å². The molecule has 0 fully saturated rings. The second kappa shape index (κ2) is 20.5. The molecule has 0 aliphatic heterocycles. The summed E-state index contributed by atoms with van der Waals surface area (Å²) in [7, 11) is 0. The van der Waals surface area contributed by atoms with Crippen LogP contribution in [-0.4, -0.2) is 30.7 Å². The fourth-order valence-corrected chi connectivity index (χ4v) is 2.64. The largest absolute Gasteiger partial charge is 1.00 e. The van der Waals surface area contributed by atoms with E-state index in [9.17, 15) is 0 Å². The Labute approximate surface area is 162 Å². The Morgan fingerprint density at radius 3 is 0.850 bits per heavy atom. The number of rotatable bonds is 12. The molecule has 0 amide bonds. The van der Waals surface area contributed by atoms with E-state index < -0.39 is 0 Å². The van der Waals surface area contributed by atoms with Crippen LogP contribution in [0, 0.1) is 0 Å². The zero-order valence-corrected chi connectivity index (χ0v) is 17.9. The standard InChI is InChI=1S/C16H36N.2BrH.Li/c1-5-9-13-17(14-10-6-2,15-11-7-3)16-12-8-4;;;/h5-16H2,1-4H3;2*1H;/q+1;;;+1/p-2. The molecule has 4 heteroatoms. The van der Waals surface area contributed by atoms with Crippen LogP contribution in [0.25, 0.3) is 0 Å². The minimum absolute atomic E-state index is 0. The normalized spacial score (nSPS) is 10.2. The topological polar surface area (TPSA) is 0 Å². The molecule has 0 N–H and O–H groups in total. The van der Waals surface area contributed by atoms with Gasteiger partial charge in [0.2, 0.25) is 0 Å². The maximum absolute atomic E-state index is 2.33. The fraction of sp³-hybridized carbons (Fsp3) is 1.00. The smallest absolute Gasteiger partial charge is 1.00 e. The van der Waals surface area contributed by atoms with Crippen molar-refractivity contribution in [2.24, 2.45) is 0 Å². The molecule has 20 heavy (non-hydrogen) atoms. The SMILES string of the molecule is CCCC[N+](CCCC)(CCCC)CCCC.[Br-].[Br-].[Li+]. The Morgan fingerprint density at radius 2 is 0.700 bits per heavy atom. The molecule has 0 saturated carbocycles. The van der Waals surface area contributed by atoms with Gasteiger partial charge in [-0.05, 0) is 25.7 Å². The van der Waals surface area contributed by atoms with Gasteiger partial charge in [-0.1, -0.05) is 53.4 Å². The summed E-state index contributed by atoms with van der Waals surface area (Å²) in [6.45, 7) is 15.0. The first-order valence-corrected chi connectivity index (χ1v) is 8.09. The van der Waals surface area contributed by atoms with Crippen molar-refractivity contribution >= 4 is 0 Å². The molecular formula is C16H36Br2LiN. The van der Waals surface area contributed by atoms with E-state index in [-0.39, 0.29) is 52.8 Å². The summed E-state index contributed by atoms with van der Waals surface area (Å²) in [5.74, 6) is 0. The molecule has 0 aromatic carbocycles. The maximum Gasteiger partial charge on any atom is 1.00 e. The van der Waals surface area contributed by atoms with Crippen molar-refractivity contribution in [1.82, 2.24) is 0 Å². The summed E-state index contributed by atoms with van der Waals surface area (Å²) in [4.78, 5) is 0. The number of hydrogen-bond donors (Lipinski definition) is 0. The minimum atomic E-state index is 0. The Kier molecular flexibility index (Phi) is 30.3. The van der Waals surface area contributed by atoms with E-state index in [4.69, 9.17) is 0 Å². The van der Waals surface area contributed by atoms with Gasteiger partial charge in [-0.3, -0.25) is 0 Å². The molecule has 0 aliphatic rings. The number of hydrogen-bond acceptors (Lipinski definition) is 0. The molecule has 120 valence electrons. The third kappa shape index (κ3) is 14.5. The van der Waals surface area contributed by atoms with E-state index in [0.29, 0.717) is 0 Å². The van der Waals surface area contributed by atoms with Gasteiger partial charge in [0.25, 0.3) is 0 Å². The van der Waals surface area contributed by atoms with Crippen LogP contribution in [-0.2, 0) is 0 Å². The summed E-state index contributed by atoms with van der Waals surface area (Å²) in [6.07, 6.45) is 11.1. The Bertz CT molecular complexity index is 131. The van der Waals surface area contributed by atoms with Crippen molar-refractivity contribution < 1.29 is 57.3 Å². The van der Waals surface area contributed by atoms with Crippen molar-refractivity contribution in [3.63, 3.8) is 0 Å². The van der Waals surface area contributed by atoms with Crippen molar-refractivity contribution in [1.29, 1.82) is 0 Å². The zero-order chi connectivity index (χ0) is 13.0. The van der Waals surface area contributed by atoms with Gasteiger partial charge in [0.1, 0.15) is 0 Å². The Balaban J connectivity index is -0.000000427. The number of unbranched alkanes of at least 4 members (excludes halogenated alkanes) is 4. The predicted molar refractivity (Wildman–Crippen MR) is 79.4 cm³/mol. The summed E-state index contributed by atoms with van der Waals surface area (Å²) in [5.41, 5.74) is 0. The van der Waals surface area contributed by atoms with Crippen LogP contribution in [0.3, 0.4) is 0 Å². The van der Waals surface area contributed by atoms with Crippen LogP contribution in [0.1, 0.15) is 79.1 Å². The number of halogens is 2. The fourth-order valence-electron chi connectivity index (χ4n) is 2.64. The van der Waals surface area contributed by atoms with Gasteiger partial charge in [-0.2, -0.15) is 0 Å². The second-order valence-corrected chi connectivity index (χ2v) is 5.65. The molecule has 0 unspecified atom stereocenters. The van der Waals surface area contributed by atoms with Gasteiger partial charge < -0.3 is 38.4 Å². The molecule has 0 saturated heterocycles. The van der Waals surface area contributed by atoms with Crippen molar-refractivity contribution in [2.45, 2.75) is 79.1 Å². The molecule has 1 nitrogen and oxygen atoms in total. The van der Waals surface area contributed by atoms with E-state index in [0.717, 1.165) is 0 Å². The predicted octanol–water partition coefficient (Wildman–Crippen LogP) is -3.98. The van der Waals surface area contributed by atoms with Crippen LogP contribution < -0.4 is 52.8 Å². The van der Waals surface area contributed by atoms with Crippen molar-refractivity contribution in [3.8, 4) is 0 Å². The molecule has 0 heterocycles. The third-order valence-corrected chi connectivity index (χ3v) is 3.94. The molecule has 0 bridgehead atoms. The van der Waals surface area contributed by atoms with Gasteiger partial charge in [0.05, 0.1) is 26.2 Å². The summed E-state index contributed by atoms with van der Waals surface area (Å²) in [5, 5.41) is 0. The molecule has 0 aromatic heterocycles. The van der Waals surface area contributed by atoms with Gasteiger partial charge in [-0.25, -0.2) is 0 Å². The monoisotopic (exact) mass is 407 g/mol. The molecule has 0 spiro atoms. The Hall–Kier alpha value is 1.52.